The summed E-state index contributed by atoms with van der Waals surface area (Å²) in [7, 11) is 0. The van der Waals surface area contributed by atoms with E-state index in [1.165, 1.54) is 6.07 Å². The lowest BCUT2D eigenvalue weighted by Gasteiger charge is -2.24. The van der Waals surface area contributed by atoms with Crippen LogP contribution in [-0.4, -0.2) is 51.2 Å². The average Bonchev–Trinajstić information content (AvgIpc) is 3.27. The Morgan fingerprint density at radius 3 is 2.58 bits per heavy atom. The Kier molecular flexibility index (Phi) is 7.76. The summed E-state index contributed by atoms with van der Waals surface area (Å²) in [4.78, 5) is 27.4. The number of carbonyl (C=O) groups is 1. The van der Waals surface area contributed by atoms with Gasteiger partial charge in [-0.3, -0.25) is 4.98 Å². The van der Waals surface area contributed by atoms with E-state index in [-0.39, 0.29) is 11.8 Å². The third-order valence-corrected chi connectivity index (χ3v) is 5.78. The van der Waals surface area contributed by atoms with Crippen molar-refractivity contribution in [1.82, 2.24) is 19.9 Å². The smallest absolute Gasteiger partial charge is 0.410 e. The molecule has 1 aliphatic rings. The summed E-state index contributed by atoms with van der Waals surface area (Å²) in [6.07, 6.45) is 8.97. The Balaban J connectivity index is 1.36. The van der Waals surface area contributed by atoms with Crippen LogP contribution in [0.5, 0.6) is 5.75 Å². The second kappa shape index (κ2) is 11.0. The van der Waals surface area contributed by atoms with E-state index in [9.17, 15) is 13.6 Å². The van der Waals surface area contributed by atoms with Gasteiger partial charge in [0.05, 0.1) is 0 Å². The zero-order valence-electron chi connectivity index (χ0n) is 20.7. The first-order valence-electron chi connectivity index (χ1n) is 11.9. The van der Waals surface area contributed by atoms with Crippen molar-refractivity contribution in [3.63, 3.8) is 0 Å². The molecule has 0 aliphatic carbocycles. The van der Waals surface area contributed by atoms with Crippen LogP contribution in [0, 0.1) is 5.92 Å². The van der Waals surface area contributed by atoms with Crippen LogP contribution in [0.25, 0.3) is 11.1 Å². The van der Waals surface area contributed by atoms with Gasteiger partial charge in [0.1, 0.15) is 17.2 Å². The first-order chi connectivity index (χ1) is 17.1. The highest BCUT2D eigenvalue weighted by atomic mass is 19.3. The van der Waals surface area contributed by atoms with Crippen LogP contribution in [0.15, 0.2) is 55.1 Å². The van der Waals surface area contributed by atoms with Gasteiger partial charge in [0, 0.05) is 55.4 Å². The number of amides is 1. The Morgan fingerprint density at radius 2 is 1.86 bits per heavy atom. The minimum absolute atomic E-state index is 0.110. The Hall–Kier alpha value is -3.62. The fourth-order valence-electron chi connectivity index (χ4n) is 4.19. The zero-order chi connectivity index (χ0) is 25.7. The predicted molar refractivity (Wildman–Crippen MR) is 131 cm³/mol. The molecule has 0 saturated carbocycles. The van der Waals surface area contributed by atoms with Gasteiger partial charge in [0.15, 0.2) is 0 Å². The van der Waals surface area contributed by atoms with Crippen molar-refractivity contribution in [2.45, 2.75) is 52.2 Å². The molecular weight excluding hydrogens is 466 g/mol. The molecule has 0 bridgehead atoms. The van der Waals surface area contributed by atoms with E-state index < -0.39 is 12.2 Å². The van der Waals surface area contributed by atoms with Gasteiger partial charge in [0.25, 0.3) is 0 Å². The van der Waals surface area contributed by atoms with E-state index in [0.717, 1.165) is 35.1 Å². The number of hydrogen-bond donors (Lipinski definition) is 0. The fraction of sp³-hybridized carbons (Fsp3) is 0.407. The first-order valence-corrected chi connectivity index (χ1v) is 11.9. The molecule has 1 fully saturated rings. The molecule has 190 valence electrons. The monoisotopic (exact) mass is 496 g/mol. The van der Waals surface area contributed by atoms with E-state index in [1.807, 2.05) is 33.0 Å². The van der Waals surface area contributed by atoms with Crippen molar-refractivity contribution in [1.29, 1.82) is 0 Å². The highest BCUT2D eigenvalue weighted by molar-refractivity contribution is 5.68. The SMILES string of the molecule is CC(C)(C)OC(=O)N1CC[C@H](Cc2cncc(-c3cnc(Cc4cccc(OC(F)F)c4)nc3)c2)C1. The molecule has 2 aromatic heterocycles. The number of nitrogens with zero attached hydrogens (tertiary/aromatic N) is 4. The second-order valence-electron chi connectivity index (χ2n) is 9.96. The minimum atomic E-state index is -2.86. The lowest BCUT2D eigenvalue weighted by atomic mass is 9.98. The van der Waals surface area contributed by atoms with E-state index in [1.54, 1.807) is 35.6 Å². The maximum Gasteiger partial charge on any atom is 0.410 e. The standard InChI is InChI=1S/C27H30F2N4O3/c1-27(2,3)36-26(34)33-8-7-19(17-33)9-20-10-21(14-30-13-20)22-15-31-24(32-16-22)12-18-5-4-6-23(11-18)35-25(28)29/h4-6,10-11,13-16,19,25H,7-9,12,17H2,1-3H3/t19-/m1/s1. The number of ether oxygens (including phenoxy) is 2. The molecular formula is C27H30F2N4O3. The van der Waals surface area contributed by atoms with Crippen LogP contribution < -0.4 is 4.74 Å². The molecule has 1 aliphatic heterocycles. The molecule has 3 heterocycles. The number of likely N-dealkylation sites (tertiary alicyclic amines) is 1. The molecule has 1 aromatic carbocycles. The van der Waals surface area contributed by atoms with Gasteiger partial charge >= 0.3 is 12.7 Å². The van der Waals surface area contributed by atoms with Crippen LogP contribution >= 0.6 is 0 Å². The Bertz CT molecular complexity index is 1180. The molecule has 1 saturated heterocycles. The molecule has 1 amide bonds. The molecule has 0 N–H and O–H groups in total. The van der Waals surface area contributed by atoms with Crippen LogP contribution in [0.4, 0.5) is 13.6 Å². The number of carbonyl (C=O) groups excluding carboxylic acids is 1. The fourth-order valence-corrected chi connectivity index (χ4v) is 4.19. The summed E-state index contributed by atoms with van der Waals surface area (Å²) in [5.41, 5.74) is 3.11. The summed E-state index contributed by atoms with van der Waals surface area (Å²) in [5.74, 6) is 1.03. The largest absolute Gasteiger partial charge is 0.444 e. The number of aromatic nitrogens is 3. The van der Waals surface area contributed by atoms with Crippen molar-refractivity contribution >= 4 is 6.09 Å². The van der Waals surface area contributed by atoms with Gasteiger partial charge in [-0.25, -0.2) is 14.8 Å². The highest BCUT2D eigenvalue weighted by Gasteiger charge is 2.29. The summed E-state index contributed by atoms with van der Waals surface area (Å²) >= 11 is 0. The molecule has 1 atom stereocenters. The average molecular weight is 497 g/mol. The van der Waals surface area contributed by atoms with E-state index >= 15 is 0 Å². The van der Waals surface area contributed by atoms with Gasteiger partial charge in [-0.05, 0) is 68.9 Å². The normalized spacial score (nSPS) is 15.8. The minimum Gasteiger partial charge on any atom is -0.444 e. The summed E-state index contributed by atoms with van der Waals surface area (Å²) < 4.78 is 34.9. The van der Waals surface area contributed by atoms with Crippen LogP contribution in [0.1, 0.15) is 44.1 Å². The van der Waals surface area contributed by atoms with Crippen molar-refractivity contribution in [2.24, 2.45) is 5.92 Å². The van der Waals surface area contributed by atoms with Gasteiger partial charge < -0.3 is 14.4 Å². The van der Waals surface area contributed by atoms with E-state index in [4.69, 9.17) is 4.74 Å². The quantitative estimate of drug-likeness (QED) is 0.428. The lowest BCUT2D eigenvalue weighted by Crippen LogP contribution is -2.35. The number of hydrogen-bond acceptors (Lipinski definition) is 6. The number of alkyl halides is 2. The molecule has 9 heteroatoms. The number of benzene rings is 1. The number of halogens is 2. The molecule has 0 unspecified atom stereocenters. The van der Waals surface area contributed by atoms with Gasteiger partial charge in [-0.15, -0.1) is 0 Å². The van der Waals surface area contributed by atoms with Crippen LogP contribution in [0.2, 0.25) is 0 Å². The third kappa shape index (κ3) is 7.19. The van der Waals surface area contributed by atoms with Crippen LogP contribution in [0.3, 0.4) is 0 Å². The zero-order valence-corrected chi connectivity index (χ0v) is 20.7. The van der Waals surface area contributed by atoms with E-state index in [2.05, 4.69) is 25.8 Å². The van der Waals surface area contributed by atoms with Gasteiger partial charge in [-0.2, -0.15) is 8.78 Å². The van der Waals surface area contributed by atoms with Crippen molar-refractivity contribution in [2.75, 3.05) is 13.1 Å². The molecule has 7 nitrogen and oxygen atoms in total. The van der Waals surface area contributed by atoms with E-state index in [0.29, 0.717) is 31.3 Å². The van der Waals surface area contributed by atoms with Crippen molar-refractivity contribution in [3.05, 3.63) is 72.1 Å². The maximum atomic E-state index is 12.5. The summed E-state index contributed by atoms with van der Waals surface area (Å²) in [6, 6.07) is 8.60. The first kappa shape index (κ1) is 25.5. The van der Waals surface area contributed by atoms with Crippen molar-refractivity contribution in [3.8, 4) is 16.9 Å². The van der Waals surface area contributed by atoms with Crippen molar-refractivity contribution < 1.29 is 23.0 Å². The van der Waals surface area contributed by atoms with Gasteiger partial charge in [0.2, 0.25) is 0 Å². The summed E-state index contributed by atoms with van der Waals surface area (Å²) in [5, 5.41) is 0. The second-order valence-corrected chi connectivity index (χ2v) is 9.96. The number of rotatable bonds is 7. The predicted octanol–water partition coefficient (Wildman–Crippen LogP) is 5.53. The maximum absolute atomic E-state index is 12.5. The van der Waals surface area contributed by atoms with Crippen LogP contribution in [-0.2, 0) is 17.6 Å². The molecule has 3 aromatic rings. The summed E-state index contributed by atoms with van der Waals surface area (Å²) in [6.45, 7) is 4.11. The highest BCUT2D eigenvalue weighted by Crippen LogP contribution is 2.25. The molecule has 4 rings (SSSR count). The Morgan fingerprint density at radius 1 is 1.08 bits per heavy atom. The molecule has 0 radical (unpaired) electrons. The lowest BCUT2D eigenvalue weighted by molar-refractivity contribution is -0.0498. The van der Waals surface area contributed by atoms with Gasteiger partial charge in [-0.1, -0.05) is 12.1 Å². The topological polar surface area (TPSA) is 77.4 Å². The third-order valence-electron chi connectivity index (χ3n) is 5.78. The Labute approximate surface area is 209 Å². The molecule has 0 spiro atoms. The number of pyridine rings is 1. The molecule has 36 heavy (non-hydrogen) atoms.